The van der Waals surface area contributed by atoms with Gasteiger partial charge in [-0.3, -0.25) is 14.6 Å². The van der Waals surface area contributed by atoms with Crippen molar-refractivity contribution in [3.05, 3.63) is 47.5 Å². The van der Waals surface area contributed by atoms with Crippen molar-refractivity contribution in [3.8, 4) is 0 Å². The highest BCUT2D eigenvalue weighted by atomic mass is 16.5. The lowest BCUT2D eigenvalue weighted by Gasteiger charge is -2.23. The topological polar surface area (TPSA) is 43.2 Å². The zero-order valence-corrected chi connectivity index (χ0v) is 14.4. The molecule has 2 aromatic heterocycles. The van der Waals surface area contributed by atoms with Crippen LogP contribution in [0, 0.1) is 18.8 Å². The van der Waals surface area contributed by atoms with Gasteiger partial charge < -0.3 is 4.74 Å². The van der Waals surface area contributed by atoms with E-state index in [4.69, 9.17) is 4.74 Å². The predicted molar refractivity (Wildman–Crippen MR) is 92.3 cm³/mol. The summed E-state index contributed by atoms with van der Waals surface area (Å²) in [5.74, 6) is 1.30. The summed E-state index contributed by atoms with van der Waals surface area (Å²) in [6, 6.07) is 8.39. The maximum absolute atomic E-state index is 5.98. The van der Waals surface area contributed by atoms with Gasteiger partial charge in [0.25, 0.3) is 0 Å². The minimum absolute atomic E-state index is 0.481. The van der Waals surface area contributed by atoms with Gasteiger partial charge in [0.05, 0.1) is 18.0 Å². The highest BCUT2D eigenvalue weighted by Gasteiger charge is 2.25. The Balaban J connectivity index is 1.43. The number of nitrogens with zero attached hydrogens (tertiary/aromatic N) is 4. The first-order valence-electron chi connectivity index (χ1n) is 8.99. The van der Waals surface area contributed by atoms with E-state index in [1.54, 1.807) is 0 Å². The molecule has 0 N–H and O–H groups in total. The summed E-state index contributed by atoms with van der Waals surface area (Å²) in [4.78, 5) is 7.14. The molecule has 1 saturated carbocycles. The molecule has 1 aliphatic heterocycles. The molecule has 5 heteroatoms. The van der Waals surface area contributed by atoms with Crippen LogP contribution in [0.1, 0.15) is 29.9 Å². The van der Waals surface area contributed by atoms with Crippen molar-refractivity contribution in [2.75, 3.05) is 19.8 Å². The number of hydrogen-bond donors (Lipinski definition) is 0. The molecule has 0 saturated heterocycles. The lowest BCUT2D eigenvalue weighted by Crippen LogP contribution is -2.30. The van der Waals surface area contributed by atoms with Gasteiger partial charge in [-0.1, -0.05) is 6.07 Å². The maximum Gasteiger partial charge on any atom is 0.0547 e. The summed E-state index contributed by atoms with van der Waals surface area (Å²) in [5.41, 5.74) is 3.50. The molecule has 3 heterocycles. The maximum atomic E-state index is 5.98. The van der Waals surface area contributed by atoms with Gasteiger partial charge in [0.15, 0.2) is 0 Å². The molecule has 4 rings (SSSR count). The van der Waals surface area contributed by atoms with Crippen LogP contribution in [0.3, 0.4) is 0 Å². The summed E-state index contributed by atoms with van der Waals surface area (Å²) in [6.45, 7) is 7.60. The van der Waals surface area contributed by atoms with E-state index < -0.39 is 0 Å². The fourth-order valence-electron chi connectivity index (χ4n) is 3.45. The van der Waals surface area contributed by atoms with Crippen molar-refractivity contribution in [1.82, 2.24) is 19.7 Å². The molecule has 5 nitrogen and oxygen atoms in total. The molecule has 0 amide bonds. The Morgan fingerprint density at radius 1 is 1.12 bits per heavy atom. The Morgan fingerprint density at radius 2 is 2.00 bits per heavy atom. The smallest absolute Gasteiger partial charge is 0.0547 e. The number of ether oxygens (including phenoxy) is 1. The van der Waals surface area contributed by atoms with Gasteiger partial charge in [0.2, 0.25) is 0 Å². The van der Waals surface area contributed by atoms with Crippen LogP contribution in [0.15, 0.2) is 30.5 Å². The van der Waals surface area contributed by atoms with Crippen LogP contribution in [-0.2, 0) is 24.4 Å². The fourth-order valence-corrected chi connectivity index (χ4v) is 3.45. The van der Waals surface area contributed by atoms with Gasteiger partial charge in [-0.25, -0.2) is 0 Å². The second kappa shape index (κ2) is 7.03. The summed E-state index contributed by atoms with van der Waals surface area (Å²) in [7, 11) is 0. The average molecular weight is 326 g/mol. The zero-order chi connectivity index (χ0) is 16.4. The van der Waals surface area contributed by atoms with E-state index in [1.165, 1.54) is 18.5 Å². The molecular formula is C19H26N4O. The van der Waals surface area contributed by atoms with Gasteiger partial charge in [-0.15, -0.1) is 0 Å². The molecule has 1 fully saturated rings. The highest BCUT2D eigenvalue weighted by molar-refractivity contribution is 5.10. The normalized spacial score (nSPS) is 21.5. The number of pyridine rings is 1. The Kier molecular flexibility index (Phi) is 4.63. The van der Waals surface area contributed by atoms with Gasteiger partial charge in [0, 0.05) is 50.6 Å². The van der Waals surface area contributed by atoms with Gasteiger partial charge in [-0.05, 0) is 43.9 Å². The highest BCUT2D eigenvalue weighted by Crippen LogP contribution is 2.29. The molecule has 1 atom stereocenters. The molecule has 0 spiro atoms. The van der Waals surface area contributed by atoms with Gasteiger partial charge >= 0.3 is 0 Å². The third kappa shape index (κ3) is 4.02. The van der Waals surface area contributed by atoms with Crippen molar-refractivity contribution < 1.29 is 4.74 Å². The monoisotopic (exact) mass is 326 g/mol. The zero-order valence-electron chi connectivity index (χ0n) is 14.4. The number of hydrogen-bond acceptors (Lipinski definition) is 4. The molecule has 0 bridgehead atoms. The van der Waals surface area contributed by atoms with Gasteiger partial charge in [0.1, 0.15) is 0 Å². The first-order valence-corrected chi connectivity index (χ1v) is 8.99. The Labute approximate surface area is 143 Å². The van der Waals surface area contributed by atoms with Crippen LogP contribution in [0.4, 0.5) is 0 Å². The van der Waals surface area contributed by atoms with E-state index in [2.05, 4.69) is 50.9 Å². The Morgan fingerprint density at radius 3 is 2.83 bits per heavy atom. The van der Waals surface area contributed by atoms with Crippen molar-refractivity contribution in [1.29, 1.82) is 0 Å². The number of rotatable bonds is 6. The van der Waals surface area contributed by atoms with Crippen LogP contribution >= 0.6 is 0 Å². The molecule has 1 aliphatic carbocycles. The summed E-state index contributed by atoms with van der Waals surface area (Å²) in [6.07, 6.45) is 4.60. The van der Waals surface area contributed by atoms with Crippen molar-refractivity contribution >= 4 is 0 Å². The van der Waals surface area contributed by atoms with Crippen LogP contribution in [-0.4, -0.2) is 39.4 Å². The third-order valence-electron chi connectivity index (χ3n) is 4.87. The SMILES string of the molecule is Cc1cccc(CN2Cc3ccnn3C[C@@H](COCC3CC3)C2)n1. The molecule has 0 radical (unpaired) electrons. The van der Waals surface area contributed by atoms with E-state index in [0.717, 1.165) is 56.7 Å². The van der Waals surface area contributed by atoms with E-state index in [1.807, 2.05) is 6.20 Å². The van der Waals surface area contributed by atoms with Crippen molar-refractivity contribution in [2.45, 2.75) is 39.4 Å². The number of aromatic nitrogens is 3. The molecule has 0 aromatic carbocycles. The van der Waals surface area contributed by atoms with Crippen LogP contribution in [0.2, 0.25) is 0 Å². The predicted octanol–water partition coefficient (Wildman–Crippen LogP) is 2.65. The van der Waals surface area contributed by atoms with Gasteiger partial charge in [-0.2, -0.15) is 5.10 Å². The summed E-state index contributed by atoms with van der Waals surface area (Å²) >= 11 is 0. The third-order valence-corrected chi connectivity index (χ3v) is 4.87. The lowest BCUT2D eigenvalue weighted by molar-refractivity contribution is 0.0694. The summed E-state index contributed by atoms with van der Waals surface area (Å²) < 4.78 is 8.13. The molecule has 2 aliphatic rings. The first-order chi connectivity index (χ1) is 11.8. The quantitative estimate of drug-likeness (QED) is 0.818. The number of fused-ring (bicyclic) bond motifs is 1. The molecular weight excluding hydrogens is 300 g/mol. The Bertz CT molecular complexity index is 680. The molecule has 128 valence electrons. The minimum Gasteiger partial charge on any atom is -0.381 e. The first kappa shape index (κ1) is 15.8. The summed E-state index contributed by atoms with van der Waals surface area (Å²) in [5, 5.41) is 4.50. The van der Waals surface area contributed by atoms with E-state index in [9.17, 15) is 0 Å². The van der Waals surface area contributed by atoms with E-state index >= 15 is 0 Å². The second-order valence-electron chi connectivity index (χ2n) is 7.29. The standard InChI is InChI=1S/C19H26N4O/c1-15-3-2-4-18(21-15)11-22-9-17(14-24-13-16-5-6-16)10-23-19(12-22)7-8-20-23/h2-4,7-8,16-17H,5-6,9-14H2,1H3/t17-/m0/s1. The number of aryl methyl sites for hydroxylation is 1. The van der Waals surface area contributed by atoms with Crippen LogP contribution in [0.25, 0.3) is 0 Å². The average Bonchev–Trinajstić information content (AvgIpc) is 3.30. The van der Waals surface area contributed by atoms with E-state index in [0.29, 0.717) is 5.92 Å². The Hall–Kier alpha value is -1.72. The molecule has 2 aromatic rings. The van der Waals surface area contributed by atoms with Crippen molar-refractivity contribution in [2.24, 2.45) is 11.8 Å². The largest absolute Gasteiger partial charge is 0.381 e. The molecule has 24 heavy (non-hydrogen) atoms. The second-order valence-corrected chi connectivity index (χ2v) is 7.29. The van der Waals surface area contributed by atoms with Crippen molar-refractivity contribution in [3.63, 3.8) is 0 Å². The van der Waals surface area contributed by atoms with Crippen LogP contribution < -0.4 is 0 Å². The fraction of sp³-hybridized carbons (Fsp3) is 0.579. The molecule has 0 unspecified atom stereocenters. The van der Waals surface area contributed by atoms with Crippen LogP contribution in [0.5, 0.6) is 0 Å². The lowest BCUT2D eigenvalue weighted by atomic mass is 10.1. The minimum atomic E-state index is 0.481. The van der Waals surface area contributed by atoms with E-state index in [-0.39, 0.29) is 0 Å².